The van der Waals surface area contributed by atoms with Gasteiger partial charge in [0.25, 0.3) is 0 Å². The SMILES string of the molecule is O=S(=O)(F)n1c2ccccc2c2ccc(F)cc21. The van der Waals surface area contributed by atoms with Crippen LogP contribution in [-0.2, 0) is 10.4 Å². The predicted molar refractivity (Wildman–Crippen MR) is 64.8 cm³/mol. The summed E-state index contributed by atoms with van der Waals surface area (Å²) in [6, 6.07) is 10.1. The molecule has 0 saturated carbocycles. The van der Waals surface area contributed by atoms with E-state index >= 15 is 0 Å². The maximum atomic E-state index is 13.4. The fraction of sp³-hybridized carbons (Fsp3) is 0. The number of para-hydroxylation sites is 1. The first-order valence-electron chi connectivity index (χ1n) is 5.12. The number of halogens is 2. The molecule has 0 amide bonds. The van der Waals surface area contributed by atoms with Crippen LogP contribution in [-0.4, -0.2) is 12.4 Å². The van der Waals surface area contributed by atoms with Crippen LogP contribution in [0.5, 0.6) is 0 Å². The van der Waals surface area contributed by atoms with Gasteiger partial charge in [-0.1, -0.05) is 22.1 Å². The van der Waals surface area contributed by atoms with E-state index in [0.717, 1.165) is 6.07 Å². The summed E-state index contributed by atoms with van der Waals surface area (Å²) in [5.74, 6) is -0.616. The Morgan fingerprint density at radius 2 is 1.61 bits per heavy atom. The van der Waals surface area contributed by atoms with Gasteiger partial charge in [-0.2, -0.15) is 8.42 Å². The Kier molecular flexibility index (Phi) is 2.18. The van der Waals surface area contributed by atoms with Crippen LogP contribution < -0.4 is 0 Å². The van der Waals surface area contributed by atoms with Gasteiger partial charge in [-0.05, 0) is 24.3 Å². The van der Waals surface area contributed by atoms with Crippen LogP contribution in [0.3, 0.4) is 0 Å². The van der Waals surface area contributed by atoms with E-state index in [9.17, 15) is 16.7 Å². The van der Waals surface area contributed by atoms with Crippen LogP contribution in [0.25, 0.3) is 21.8 Å². The van der Waals surface area contributed by atoms with Crippen molar-refractivity contribution in [2.45, 2.75) is 0 Å². The minimum absolute atomic E-state index is 0.00120. The van der Waals surface area contributed by atoms with E-state index in [1.807, 2.05) is 0 Å². The van der Waals surface area contributed by atoms with Crippen molar-refractivity contribution in [2.24, 2.45) is 0 Å². The van der Waals surface area contributed by atoms with Gasteiger partial charge in [0, 0.05) is 10.8 Å². The zero-order valence-corrected chi connectivity index (χ0v) is 9.79. The van der Waals surface area contributed by atoms with Gasteiger partial charge in [-0.15, -0.1) is 0 Å². The molecule has 0 bridgehead atoms. The van der Waals surface area contributed by atoms with Crippen molar-refractivity contribution in [3.8, 4) is 0 Å². The molecule has 6 heteroatoms. The average Bonchev–Trinajstić information content (AvgIpc) is 2.61. The Morgan fingerprint density at radius 3 is 2.33 bits per heavy atom. The highest BCUT2D eigenvalue weighted by Crippen LogP contribution is 2.30. The topological polar surface area (TPSA) is 39.1 Å². The first-order chi connectivity index (χ1) is 8.48. The van der Waals surface area contributed by atoms with Gasteiger partial charge in [0.2, 0.25) is 0 Å². The summed E-state index contributed by atoms with van der Waals surface area (Å²) in [7, 11) is -4.98. The number of nitrogens with zero attached hydrogens (tertiary/aromatic N) is 1. The molecule has 0 aliphatic heterocycles. The molecule has 1 heterocycles. The number of aromatic nitrogens is 1. The summed E-state index contributed by atoms with van der Waals surface area (Å²) in [5, 5.41) is 1.06. The summed E-state index contributed by atoms with van der Waals surface area (Å²) in [6.45, 7) is 0. The molecular weight excluding hydrogens is 260 g/mol. The molecule has 3 rings (SSSR count). The highest BCUT2D eigenvalue weighted by Gasteiger charge is 2.20. The van der Waals surface area contributed by atoms with Crippen LogP contribution in [0.15, 0.2) is 42.5 Å². The van der Waals surface area contributed by atoms with E-state index in [-0.39, 0.29) is 11.0 Å². The van der Waals surface area contributed by atoms with Crippen LogP contribution in [0.2, 0.25) is 0 Å². The molecule has 0 aliphatic rings. The van der Waals surface area contributed by atoms with E-state index in [4.69, 9.17) is 0 Å². The number of rotatable bonds is 1. The van der Waals surface area contributed by atoms with Gasteiger partial charge in [0.05, 0.1) is 11.0 Å². The molecule has 0 N–H and O–H groups in total. The zero-order chi connectivity index (χ0) is 12.9. The number of hydrogen-bond acceptors (Lipinski definition) is 2. The average molecular weight is 267 g/mol. The van der Waals surface area contributed by atoms with E-state index < -0.39 is 16.2 Å². The van der Waals surface area contributed by atoms with E-state index in [0.29, 0.717) is 14.7 Å². The molecule has 92 valence electrons. The van der Waals surface area contributed by atoms with E-state index in [1.54, 1.807) is 18.2 Å². The highest BCUT2D eigenvalue weighted by molar-refractivity contribution is 7.85. The Balaban J connectivity index is 2.68. The van der Waals surface area contributed by atoms with Crippen molar-refractivity contribution in [1.82, 2.24) is 3.97 Å². The maximum Gasteiger partial charge on any atom is 0.403 e. The molecule has 3 aromatic rings. The van der Waals surface area contributed by atoms with Crippen LogP contribution in [0.1, 0.15) is 0 Å². The first-order valence-corrected chi connectivity index (χ1v) is 6.46. The summed E-state index contributed by atoms with van der Waals surface area (Å²) < 4.78 is 49.5. The second-order valence-corrected chi connectivity index (χ2v) is 5.07. The Hall–Kier alpha value is -1.95. The predicted octanol–water partition coefficient (Wildman–Crippen LogP) is 3.00. The third-order valence-corrected chi connectivity index (χ3v) is 3.64. The van der Waals surface area contributed by atoms with Gasteiger partial charge in [0.15, 0.2) is 0 Å². The molecule has 3 nitrogen and oxygen atoms in total. The molecule has 0 unspecified atom stereocenters. The van der Waals surface area contributed by atoms with Crippen molar-refractivity contribution in [3.63, 3.8) is 0 Å². The van der Waals surface area contributed by atoms with E-state index in [1.165, 1.54) is 18.2 Å². The van der Waals surface area contributed by atoms with Gasteiger partial charge < -0.3 is 0 Å². The molecule has 0 atom stereocenters. The molecule has 1 aromatic heterocycles. The smallest absolute Gasteiger partial charge is 0.211 e. The lowest BCUT2D eigenvalue weighted by Crippen LogP contribution is -2.05. The zero-order valence-electron chi connectivity index (χ0n) is 8.97. The quantitative estimate of drug-likeness (QED) is 0.636. The van der Waals surface area contributed by atoms with Crippen molar-refractivity contribution >= 4 is 32.2 Å². The fourth-order valence-electron chi connectivity index (χ4n) is 2.14. The Morgan fingerprint density at radius 1 is 0.944 bits per heavy atom. The first kappa shape index (κ1) is 11.2. The van der Waals surface area contributed by atoms with Gasteiger partial charge in [-0.3, -0.25) is 0 Å². The minimum Gasteiger partial charge on any atom is -0.211 e. The van der Waals surface area contributed by atoms with Gasteiger partial charge in [-0.25, -0.2) is 8.36 Å². The molecule has 18 heavy (non-hydrogen) atoms. The highest BCUT2D eigenvalue weighted by atomic mass is 32.3. The molecule has 0 aliphatic carbocycles. The van der Waals surface area contributed by atoms with Gasteiger partial charge in [0.1, 0.15) is 5.82 Å². The van der Waals surface area contributed by atoms with Crippen LogP contribution in [0.4, 0.5) is 8.28 Å². The number of hydrogen-bond donors (Lipinski definition) is 0. The molecular formula is C12H7F2NO2S. The molecule has 0 fully saturated rings. The lowest BCUT2D eigenvalue weighted by molar-refractivity contribution is 0.545. The maximum absolute atomic E-state index is 13.4. The third-order valence-electron chi connectivity index (χ3n) is 2.81. The van der Waals surface area contributed by atoms with Crippen molar-refractivity contribution in [2.75, 3.05) is 0 Å². The fourth-order valence-corrected chi connectivity index (χ4v) is 2.92. The lowest BCUT2D eigenvalue weighted by Gasteiger charge is -2.00. The molecule has 0 radical (unpaired) electrons. The van der Waals surface area contributed by atoms with Crippen molar-refractivity contribution in [1.29, 1.82) is 0 Å². The number of fused-ring (bicyclic) bond motifs is 3. The summed E-state index contributed by atoms with van der Waals surface area (Å²) >= 11 is 0. The normalized spacial score (nSPS) is 12.3. The summed E-state index contributed by atoms with van der Waals surface area (Å²) in [4.78, 5) is 0. The third kappa shape index (κ3) is 1.49. The van der Waals surface area contributed by atoms with E-state index in [2.05, 4.69) is 0 Å². The summed E-state index contributed by atoms with van der Waals surface area (Å²) in [5.41, 5.74) is 0.194. The van der Waals surface area contributed by atoms with Crippen molar-refractivity contribution < 1.29 is 16.7 Å². The van der Waals surface area contributed by atoms with Crippen molar-refractivity contribution in [3.05, 3.63) is 48.3 Å². The lowest BCUT2D eigenvalue weighted by atomic mass is 10.1. The second kappa shape index (κ2) is 3.52. The standard InChI is InChI=1S/C12H7F2NO2S/c13-8-5-6-10-9-3-1-2-4-11(9)15(12(10)7-8)18(14,16)17/h1-7H. The summed E-state index contributed by atoms with van der Waals surface area (Å²) in [6.07, 6.45) is 0. The molecule has 0 spiro atoms. The number of benzene rings is 2. The largest absolute Gasteiger partial charge is 0.403 e. The monoisotopic (exact) mass is 267 g/mol. The minimum atomic E-state index is -4.98. The Bertz CT molecular complexity index is 868. The van der Waals surface area contributed by atoms with Crippen LogP contribution >= 0.6 is 0 Å². The molecule has 2 aromatic carbocycles. The molecule has 0 saturated heterocycles. The van der Waals surface area contributed by atoms with Gasteiger partial charge >= 0.3 is 10.4 Å². The Labute approximate surface area is 102 Å². The second-order valence-electron chi connectivity index (χ2n) is 3.89. The van der Waals surface area contributed by atoms with Crippen LogP contribution in [0, 0.1) is 5.82 Å².